The van der Waals surface area contributed by atoms with Crippen LogP contribution >= 0.6 is 11.6 Å². The molecule has 6 nitrogen and oxygen atoms in total. The van der Waals surface area contributed by atoms with E-state index in [1.807, 2.05) is 4.90 Å². The van der Waals surface area contributed by atoms with Crippen LogP contribution in [0.2, 0.25) is 5.15 Å². The number of amides is 1. The largest absolute Gasteiger partial charge is 0.397 e. The zero-order valence-corrected chi connectivity index (χ0v) is 13.3. The Morgan fingerprint density at radius 3 is 2.67 bits per heavy atom. The number of nitrogens with zero attached hydrogens (tertiary/aromatic N) is 4. The molecule has 21 heavy (non-hydrogen) atoms. The minimum absolute atomic E-state index is 0.0657. The van der Waals surface area contributed by atoms with E-state index < -0.39 is 0 Å². The van der Waals surface area contributed by atoms with Gasteiger partial charge in [-0.2, -0.15) is 0 Å². The van der Waals surface area contributed by atoms with Crippen molar-refractivity contribution >= 4 is 23.2 Å². The van der Waals surface area contributed by atoms with Crippen LogP contribution in [0.4, 0.5) is 5.69 Å². The Hall–Kier alpha value is -1.37. The fourth-order valence-electron chi connectivity index (χ4n) is 2.31. The quantitative estimate of drug-likeness (QED) is 0.827. The first-order valence-electron chi connectivity index (χ1n) is 7.05. The summed E-state index contributed by atoms with van der Waals surface area (Å²) in [4.78, 5) is 22.7. The Morgan fingerprint density at radius 1 is 1.38 bits per heavy atom. The minimum Gasteiger partial charge on any atom is -0.397 e. The number of likely N-dealkylation sites (N-methyl/N-ethyl adjacent to an activating group) is 1. The average molecular weight is 312 g/mol. The second-order valence-corrected chi connectivity index (χ2v) is 5.92. The summed E-state index contributed by atoms with van der Waals surface area (Å²) in [6, 6.07) is 1.54. The Kier molecular flexibility index (Phi) is 5.39. The lowest BCUT2D eigenvalue weighted by atomic mass is 10.2. The molecule has 0 atom stereocenters. The molecule has 0 unspecified atom stereocenters. The first-order chi connectivity index (χ1) is 9.97. The molecule has 7 heteroatoms. The smallest absolute Gasteiger partial charge is 0.256 e. The Balaban J connectivity index is 1.92. The van der Waals surface area contributed by atoms with E-state index in [-0.39, 0.29) is 11.1 Å². The van der Waals surface area contributed by atoms with Gasteiger partial charge >= 0.3 is 0 Å². The summed E-state index contributed by atoms with van der Waals surface area (Å²) in [5.41, 5.74) is 6.64. The van der Waals surface area contributed by atoms with Crippen LogP contribution < -0.4 is 5.73 Å². The summed E-state index contributed by atoms with van der Waals surface area (Å²) in [7, 11) is 4.13. The van der Waals surface area contributed by atoms with E-state index in [2.05, 4.69) is 28.9 Å². The number of aromatic nitrogens is 1. The van der Waals surface area contributed by atoms with Gasteiger partial charge in [-0.25, -0.2) is 4.98 Å². The molecule has 2 rings (SSSR count). The number of hydrogen-bond donors (Lipinski definition) is 1. The molecule has 2 heterocycles. The van der Waals surface area contributed by atoms with Gasteiger partial charge in [0.2, 0.25) is 0 Å². The number of pyridine rings is 1. The fourth-order valence-corrected chi connectivity index (χ4v) is 2.47. The van der Waals surface area contributed by atoms with E-state index in [1.54, 1.807) is 0 Å². The van der Waals surface area contributed by atoms with E-state index in [0.29, 0.717) is 24.3 Å². The summed E-state index contributed by atoms with van der Waals surface area (Å²) in [5.74, 6) is -0.0657. The van der Waals surface area contributed by atoms with Gasteiger partial charge in [0.15, 0.2) is 0 Å². The van der Waals surface area contributed by atoms with Gasteiger partial charge in [-0.05, 0) is 20.2 Å². The van der Waals surface area contributed by atoms with Crippen molar-refractivity contribution in [2.24, 2.45) is 0 Å². The monoisotopic (exact) mass is 311 g/mol. The van der Waals surface area contributed by atoms with Gasteiger partial charge < -0.3 is 15.5 Å². The van der Waals surface area contributed by atoms with E-state index in [9.17, 15) is 4.79 Å². The van der Waals surface area contributed by atoms with Crippen molar-refractivity contribution in [1.29, 1.82) is 0 Å². The molecular weight excluding hydrogens is 290 g/mol. The van der Waals surface area contributed by atoms with E-state index >= 15 is 0 Å². The molecule has 0 aliphatic carbocycles. The van der Waals surface area contributed by atoms with Crippen molar-refractivity contribution in [3.63, 3.8) is 0 Å². The normalized spacial score (nSPS) is 16.5. The second-order valence-electron chi connectivity index (χ2n) is 5.53. The van der Waals surface area contributed by atoms with Gasteiger partial charge in [0.05, 0.1) is 17.4 Å². The van der Waals surface area contributed by atoms with Crippen LogP contribution in [0.15, 0.2) is 12.3 Å². The Bertz CT molecular complexity index is 500. The molecule has 0 aromatic carbocycles. The van der Waals surface area contributed by atoms with Crippen LogP contribution in [0.3, 0.4) is 0 Å². The third-order valence-corrected chi connectivity index (χ3v) is 3.86. The summed E-state index contributed by atoms with van der Waals surface area (Å²) >= 11 is 5.84. The van der Waals surface area contributed by atoms with Crippen LogP contribution in [0.5, 0.6) is 0 Å². The molecule has 1 aromatic rings. The predicted octanol–water partition coefficient (Wildman–Crippen LogP) is 0.637. The highest BCUT2D eigenvalue weighted by atomic mass is 35.5. The van der Waals surface area contributed by atoms with E-state index in [0.717, 1.165) is 26.2 Å². The number of anilines is 1. The lowest BCUT2D eigenvalue weighted by Crippen LogP contribution is -2.50. The zero-order valence-electron chi connectivity index (χ0n) is 12.5. The molecule has 1 fully saturated rings. The summed E-state index contributed by atoms with van der Waals surface area (Å²) in [6.45, 7) is 5.26. The fraction of sp³-hybridized carbons (Fsp3) is 0.571. The topological polar surface area (TPSA) is 65.7 Å². The molecule has 116 valence electrons. The van der Waals surface area contributed by atoms with Gasteiger partial charge in [0, 0.05) is 39.3 Å². The third-order valence-electron chi connectivity index (χ3n) is 3.65. The summed E-state index contributed by atoms with van der Waals surface area (Å²) in [5, 5.41) is 0.289. The van der Waals surface area contributed by atoms with Crippen LogP contribution in [-0.4, -0.2) is 79.0 Å². The number of carbonyl (C=O) groups is 1. The zero-order chi connectivity index (χ0) is 15.4. The van der Waals surface area contributed by atoms with Crippen LogP contribution in [0.25, 0.3) is 0 Å². The first-order valence-corrected chi connectivity index (χ1v) is 7.42. The van der Waals surface area contributed by atoms with Gasteiger partial charge in [0.1, 0.15) is 5.15 Å². The highest BCUT2D eigenvalue weighted by Gasteiger charge is 2.23. The maximum Gasteiger partial charge on any atom is 0.256 e. The number of piperazine rings is 1. The first kappa shape index (κ1) is 16.0. The molecule has 0 radical (unpaired) electrons. The van der Waals surface area contributed by atoms with E-state index in [1.165, 1.54) is 12.3 Å². The molecule has 1 saturated heterocycles. The predicted molar refractivity (Wildman–Crippen MR) is 84.6 cm³/mol. The summed E-state index contributed by atoms with van der Waals surface area (Å²) < 4.78 is 0. The van der Waals surface area contributed by atoms with Gasteiger partial charge in [-0.15, -0.1) is 0 Å². The Labute approximate surface area is 130 Å². The molecule has 1 aromatic heterocycles. The Morgan fingerprint density at radius 2 is 2.05 bits per heavy atom. The number of halogens is 1. The highest BCUT2D eigenvalue weighted by molar-refractivity contribution is 6.29. The molecule has 0 spiro atoms. The van der Waals surface area contributed by atoms with Crippen molar-refractivity contribution in [3.8, 4) is 0 Å². The average Bonchev–Trinajstić information content (AvgIpc) is 2.47. The van der Waals surface area contributed by atoms with Crippen LogP contribution in [0.1, 0.15) is 10.4 Å². The molecular formula is C14H22ClN5O. The SMILES string of the molecule is CN(C)CCN1CCN(C(=O)c2cc(Cl)ncc2N)CC1. The molecule has 0 saturated carbocycles. The van der Waals surface area contributed by atoms with Crippen molar-refractivity contribution in [2.45, 2.75) is 0 Å². The van der Waals surface area contributed by atoms with Gasteiger partial charge in [-0.1, -0.05) is 11.6 Å². The summed E-state index contributed by atoms with van der Waals surface area (Å²) in [6.07, 6.45) is 1.43. The number of carbonyl (C=O) groups excluding carboxylic acids is 1. The van der Waals surface area contributed by atoms with Crippen LogP contribution in [0, 0.1) is 0 Å². The van der Waals surface area contributed by atoms with Gasteiger partial charge in [-0.3, -0.25) is 9.69 Å². The third kappa shape index (κ3) is 4.30. The minimum atomic E-state index is -0.0657. The highest BCUT2D eigenvalue weighted by Crippen LogP contribution is 2.18. The van der Waals surface area contributed by atoms with Crippen molar-refractivity contribution in [2.75, 3.05) is 59.1 Å². The lowest BCUT2D eigenvalue weighted by Gasteiger charge is -2.35. The van der Waals surface area contributed by atoms with E-state index in [4.69, 9.17) is 17.3 Å². The lowest BCUT2D eigenvalue weighted by molar-refractivity contribution is 0.0630. The standard InChI is InChI=1S/C14H22ClN5O/c1-18(2)3-4-19-5-7-20(8-6-19)14(21)11-9-13(15)17-10-12(11)16/h9-10H,3-8,16H2,1-2H3. The van der Waals surface area contributed by atoms with Gasteiger partial charge in [0.25, 0.3) is 5.91 Å². The maximum absolute atomic E-state index is 12.5. The molecule has 1 aliphatic rings. The van der Waals surface area contributed by atoms with Crippen molar-refractivity contribution < 1.29 is 4.79 Å². The number of nitrogens with two attached hydrogens (primary N) is 1. The second kappa shape index (κ2) is 7.06. The maximum atomic E-state index is 12.5. The number of hydrogen-bond acceptors (Lipinski definition) is 5. The molecule has 1 aliphatic heterocycles. The number of nitrogen functional groups attached to an aromatic ring is 1. The molecule has 1 amide bonds. The molecule has 2 N–H and O–H groups in total. The van der Waals surface area contributed by atoms with Crippen molar-refractivity contribution in [3.05, 3.63) is 23.0 Å². The number of rotatable bonds is 4. The van der Waals surface area contributed by atoms with Crippen molar-refractivity contribution in [1.82, 2.24) is 19.7 Å². The molecule has 0 bridgehead atoms. The van der Waals surface area contributed by atoms with Crippen LogP contribution in [-0.2, 0) is 0 Å².